The van der Waals surface area contributed by atoms with Crippen LogP contribution in [0.25, 0.3) is 0 Å². The van der Waals surface area contributed by atoms with Crippen LogP contribution in [0.15, 0.2) is 36.4 Å². The average Bonchev–Trinajstić information content (AvgIpc) is 2.42. The molecule has 0 saturated heterocycles. The van der Waals surface area contributed by atoms with E-state index in [1.807, 2.05) is 0 Å². The van der Waals surface area contributed by atoms with Gasteiger partial charge in [-0.1, -0.05) is 6.07 Å². The molecule has 0 amide bonds. The summed E-state index contributed by atoms with van der Waals surface area (Å²) in [6.07, 6.45) is 0. The number of nitrogens with two attached hydrogens (primary N) is 1. The molecule has 0 fully saturated rings. The Morgan fingerprint density at radius 2 is 1.84 bits per heavy atom. The summed E-state index contributed by atoms with van der Waals surface area (Å²) in [6.45, 7) is -0.0880. The molecule has 0 unspecified atom stereocenters. The lowest BCUT2D eigenvalue weighted by molar-refractivity contribution is 0.280. The number of hydrogen-bond donors (Lipinski definition) is 2. The van der Waals surface area contributed by atoms with Crippen LogP contribution in [0.5, 0.6) is 17.2 Å². The Bertz CT molecular complexity index is 587. The number of rotatable bonds is 4. The smallest absolute Gasteiger partial charge is 0.169 e. The maximum absolute atomic E-state index is 12.9. The molecule has 3 N–H and O–H groups in total. The molecule has 0 heterocycles. The third kappa shape index (κ3) is 2.95. The van der Waals surface area contributed by atoms with Crippen LogP contribution in [0.2, 0.25) is 0 Å². The molecule has 2 rings (SSSR count). The van der Waals surface area contributed by atoms with Crippen molar-refractivity contribution in [2.75, 3.05) is 12.8 Å². The Morgan fingerprint density at radius 3 is 2.47 bits per heavy atom. The van der Waals surface area contributed by atoms with Crippen LogP contribution < -0.4 is 15.2 Å². The molecule has 19 heavy (non-hydrogen) atoms. The molecule has 0 aliphatic rings. The minimum absolute atomic E-state index is 0.0880. The number of benzene rings is 2. The monoisotopic (exact) mass is 263 g/mol. The number of hydrogen-bond acceptors (Lipinski definition) is 4. The third-order valence-electron chi connectivity index (χ3n) is 2.60. The molecule has 0 aliphatic heterocycles. The summed E-state index contributed by atoms with van der Waals surface area (Å²) in [5, 5.41) is 9.05. The SMILES string of the molecule is COc1cc(CO)ccc1Oc1ccc(F)cc1N. The van der Waals surface area contributed by atoms with Gasteiger partial charge in [0.2, 0.25) is 0 Å². The summed E-state index contributed by atoms with van der Waals surface area (Å²) in [6, 6.07) is 8.92. The van der Waals surface area contributed by atoms with Gasteiger partial charge in [-0.3, -0.25) is 0 Å². The maximum Gasteiger partial charge on any atom is 0.169 e. The van der Waals surface area contributed by atoms with Gasteiger partial charge in [0.1, 0.15) is 5.82 Å². The number of halogens is 1. The molecule has 0 bridgehead atoms. The molecule has 0 aromatic heterocycles. The van der Waals surface area contributed by atoms with Crippen molar-refractivity contribution in [2.45, 2.75) is 6.61 Å². The zero-order valence-corrected chi connectivity index (χ0v) is 10.4. The van der Waals surface area contributed by atoms with Crippen LogP contribution in [0.1, 0.15) is 5.56 Å². The lowest BCUT2D eigenvalue weighted by Gasteiger charge is -2.12. The number of methoxy groups -OCH3 is 1. The van der Waals surface area contributed by atoms with Gasteiger partial charge in [-0.25, -0.2) is 4.39 Å². The van der Waals surface area contributed by atoms with Gasteiger partial charge < -0.3 is 20.3 Å². The zero-order chi connectivity index (χ0) is 13.8. The quantitative estimate of drug-likeness (QED) is 0.832. The standard InChI is InChI=1S/C14H14FNO3/c1-18-14-6-9(8-17)2-4-13(14)19-12-5-3-10(15)7-11(12)16/h2-7,17H,8,16H2,1H3. The number of aliphatic hydroxyl groups is 1. The van der Waals surface area contributed by atoms with E-state index in [9.17, 15) is 4.39 Å². The number of aliphatic hydroxyl groups excluding tert-OH is 1. The van der Waals surface area contributed by atoms with Crippen molar-refractivity contribution in [2.24, 2.45) is 0 Å². The first-order valence-corrected chi connectivity index (χ1v) is 5.64. The summed E-state index contributed by atoms with van der Waals surface area (Å²) in [4.78, 5) is 0. The van der Waals surface area contributed by atoms with Gasteiger partial charge in [-0.2, -0.15) is 0 Å². The predicted molar refractivity (Wildman–Crippen MR) is 69.8 cm³/mol. The normalized spacial score (nSPS) is 10.3. The second-order valence-electron chi connectivity index (χ2n) is 3.93. The van der Waals surface area contributed by atoms with Gasteiger partial charge in [0.25, 0.3) is 0 Å². The Kier molecular flexibility index (Phi) is 3.87. The largest absolute Gasteiger partial charge is 0.493 e. The Hall–Kier alpha value is -2.27. The highest BCUT2D eigenvalue weighted by Crippen LogP contribution is 2.34. The number of ether oxygens (including phenoxy) is 2. The highest BCUT2D eigenvalue weighted by molar-refractivity contribution is 5.55. The Balaban J connectivity index is 2.32. The highest BCUT2D eigenvalue weighted by atomic mass is 19.1. The Morgan fingerprint density at radius 1 is 1.11 bits per heavy atom. The molecule has 0 atom stereocenters. The van der Waals surface area contributed by atoms with E-state index in [0.29, 0.717) is 22.8 Å². The van der Waals surface area contributed by atoms with Gasteiger partial charge in [0, 0.05) is 6.07 Å². The molecule has 0 radical (unpaired) electrons. The van der Waals surface area contributed by atoms with Crippen LogP contribution >= 0.6 is 0 Å². The van der Waals surface area contributed by atoms with Crippen molar-refractivity contribution in [3.05, 3.63) is 47.8 Å². The molecule has 2 aromatic carbocycles. The summed E-state index contributed by atoms with van der Waals surface area (Å²) in [7, 11) is 1.50. The van der Waals surface area contributed by atoms with Crippen molar-refractivity contribution in [1.29, 1.82) is 0 Å². The number of anilines is 1. The van der Waals surface area contributed by atoms with E-state index in [-0.39, 0.29) is 12.3 Å². The zero-order valence-electron chi connectivity index (χ0n) is 10.4. The van der Waals surface area contributed by atoms with E-state index in [1.165, 1.54) is 25.3 Å². The van der Waals surface area contributed by atoms with Gasteiger partial charge in [-0.15, -0.1) is 0 Å². The van der Waals surface area contributed by atoms with Gasteiger partial charge in [0.15, 0.2) is 17.2 Å². The molecule has 100 valence electrons. The van der Waals surface area contributed by atoms with Crippen molar-refractivity contribution in [3.63, 3.8) is 0 Å². The molecule has 0 aliphatic carbocycles. The van der Waals surface area contributed by atoms with E-state index in [2.05, 4.69) is 0 Å². The minimum Gasteiger partial charge on any atom is -0.493 e. The minimum atomic E-state index is -0.424. The van der Waals surface area contributed by atoms with Gasteiger partial charge in [0.05, 0.1) is 19.4 Å². The van der Waals surface area contributed by atoms with Crippen LogP contribution in [-0.2, 0) is 6.61 Å². The maximum atomic E-state index is 12.9. The summed E-state index contributed by atoms with van der Waals surface area (Å²) < 4.78 is 23.7. The van der Waals surface area contributed by atoms with Gasteiger partial charge >= 0.3 is 0 Å². The summed E-state index contributed by atoms with van der Waals surface area (Å²) in [5.74, 6) is 0.831. The fourth-order valence-electron chi connectivity index (χ4n) is 1.63. The lowest BCUT2D eigenvalue weighted by atomic mass is 10.2. The fourth-order valence-corrected chi connectivity index (χ4v) is 1.63. The van der Waals surface area contributed by atoms with Crippen molar-refractivity contribution in [3.8, 4) is 17.2 Å². The molecule has 0 spiro atoms. The first-order chi connectivity index (χ1) is 9.13. The van der Waals surface area contributed by atoms with E-state index < -0.39 is 5.82 Å². The summed E-state index contributed by atoms with van der Waals surface area (Å²) in [5.41, 5.74) is 6.58. The highest BCUT2D eigenvalue weighted by Gasteiger charge is 2.09. The van der Waals surface area contributed by atoms with Crippen LogP contribution in [0.3, 0.4) is 0 Å². The van der Waals surface area contributed by atoms with Crippen molar-refractivity contribution < 1.29 is 19.0 Å². The lowest BCUT2D eigenvalue weighted by Crippen LogP contribution is -1.96. The van der Waals surface area contributed by atoms with E-state index >= 15 is 0 Å². The average molecular weight is 263 g/mol. The van der Waals surface area contributed by atoms with E-state index in [1.54, 1.807) is 18.2 Å². The second kappa shape index (κ2) is 5.58. The van der Waals surface area contributed by atoms with Crippen LogP contribution in [-0.4, -0.2) is 12.2 Å². The van der Waals surface area contributed by atoms with Gasteiger partial charge in [-0.05, 0) is 29.8 Å². The third-order valence-corrected chi connectivity index (χ3v) is 2.60. The Labute approximate surface area is 110 Å². The molecular formula is C14H14FNO3. The molecule has 4 nitrogen and oxygen atoms in total. The first-order valence-electron chi connectivity index (χ1n) is 5.64. The second-order valence-corrected chi connectivity index (χ2v) is 3.93. The molecule has 2 aromatic rings. The fraction of sp³-hybridized carbons (Fsp3) is 0.143. The predicted octanol–water partition coefficient (Wildman–Crippen LogP) is 2.70. The first kappa shape index (κ1) is 13.2. The topological polar surface area (TPSA) is 64.7 Å². The van der Waals surface area contributed by atoms with E-state index in [0.717, 1.165) is 0 Å². The molecule has 0 saturated carbocycles. The van der Waals surface area contributed by atoms with Crippen molar-refractivity contribution >= 4 is 5.69 Å². The molecular weight excluding hydrogens is 249 g/mol. The van der Waals surface area contributed by atoms with Crippen molar-refractivity contribution in [1.82, 2.24) is 0 Å². The number of nitrogen functional groups attached to an aromatic ring is 1. The molecule has 5 heteroatoms. The van der Waals surface area contributed by atoms with Crippen LogP contribution in [0, 0.1) is 5.82 Å². The van der Waals surface area contributed by atoms with E-state index in [4.69, 9.17) is 20.3 Å². The summed E-state index contributed by atoms with van der Waals surface area (Å²) >= 11 is 0. The van der Waals surface area contributed by atoms with Crippen LogP contribution in [0.4, 0.5) is 10.1 Å².